The topological polar surface area (TPSA) is 79.0 Å². The van der Waals surface area contributed by atoms with Gasteiger partial charge in [0, 0.05) is 41.1 Å². The first kappa shape index (κ1) is 28.0. The highest BCUT2D eigenvalue weighted by molar-refractivity contribution is 7.98. The quantitative estimate of drug-likeness (QED) is 0.163. The maximum atomic E-state index is 14.3. The van der Waals surface area contributed by atoms with Crippen molar-refractivity contribution in [2.45, 2.75) is 29.7 Å². The number of ether oxygens (including phenoxy) is 1. The normalized spacial score (nSPS) is 11.1. The smallest absolute Gasteiger partial charge is 0.312 e. The van der Waals surface area contributed by atoms with Gasteiger partial charge >= 0.3 is 5.97 Å². The largest absolute Gasteiger partial charge is 0.452 e. The highest BCUT2D eigenvalue weighted by atomic mass is 32.2. The van der Waals surface area contributed by atoms with Crippen molar-refractivity contribution in [1.82, 2.24) is 19.6 Å². The van der Waals surface area contributed by atoms with E-state index in [2.05, 4.69) is 10.2 Å². The van der Waals surface area contributed by atoms with Crippen LogP contribution in [0.1, 0.15) is 34.1 Å². The van der Waals surface area contributed by atoms with Crippen molar-refractivity contribution in [2.24, 2.45) is 7.05 Å². The molecule has 41 heavy (non-hydrogen) atoms. The molecule has 10 heteroatoms. The predicted octanol–water partition coefficient (Wildman–Crippen LogP) is 5.47. The number of rotatable bonds is 10. The molecule has 0 amide bonds. The molecule has 0 radical (unpaired) electrons. The molecule has 0 spiro atoms. The Labute approximate surface area is 239 Å². The Morgan fingerprint density at radius 2 is 1.66 bits per heavy atom. The summed E-state index contributed by atoms with van der Waals surface area (Å²) >= 11 is 1.10. The number of benzene rings is 3. The van der Waals surface area contributed by atoms with Gasteiger partial charge in [0.05, 0.1) is 24.9 Å². The molecule has 2 heterocycles. The lowest BCUT2D eigenvalue weighted by atomic mass is 10.0. The summed E-state index contributed by atoms with van der Waals surface area (Å²) in [5.74, 6) is -2.42. The van der Waals surface area contributed by atoms with Gasteiger partial charge < -0.3 is 4.74 Å². The third-order valence-electron chi connectivity index (χ3n) is 6.31. The van der Waals surface area contributed by atoms with Crippen LogP contribution in [-0.2, 0) is 35.3 Å². The fourth-order valence-corrected chi connectivity index (χ4v) is 5.31. The van der Waals surface area contributed by atoms with Crippen molar-refractivity contribution in [3.63, 3.8) is 0 Å². The van der Waals surface area contributed by atoms with E-state index in [1.165, 1.54) is 22.9 Å². The monoisotopic (exact) mass is 572 g/mol. The molecule has 5 rings (SSSR count). The maximum absolute atomic E-state index is 14.3. The van der Waals surface area contributed by atoms with Crippen LogP contribution >= 0.6 is 11.8 Å². The van der Waals surface area contributed by atoms with Crippen molar-refractivity contribution >= 4 is 17.7 Å². The van der Waals surface area contributed by atoms with Crippen LogP contribution < -0.4 is 5.56 Å². The van der Waals surface area contributed by atoms with E-state index < -0.39 is 29.3 Å². The zero-order valence-electron chi connectivity index (χ0n) is 22.1. The van der Waals surface area contributed by atoms with Gasteiger partial charge in [0.15, 0.2) is 17.7 Å². The standard InChI is InChI=1S/C31H26F2N4O3S/c1-36-18-21(17-34-36)19-37-28(38)16-27(41-20-24-13-8-14-25(32)30(24)33)26(35-37)15-29(39)40-31(22-9-4-2-5-10-22)23-11-6-3-7-12-23/h2-14,16-18,31H,15,19-20H2,1H3. The fraction of sp³-hybridized carbons (Fsp3) is 0.161. The van der Waals surface area contributed by atoms with Gasteiger partial charge in [-0.3, -0.25) is 14.3 Å². The number of halogens is 2. The molecule has 5 aromatic rings. The molecule has 0 fully saturated rings. The number of nitrogens with zero attached hydrogens (tertiary/aromatic N) is 4. The van der Waals surface area contributed by atoms with Crippen LogP contribution in [-0.4, -0.2) is 25.5 Å². The Morgan fingerprint density at radius 1 is 0.976 bits per heavy atom. The number of carbonyl (C=O) groups excluding carboxylic acids is 1. The van der Waals surface area contributed by atoms with Crippen molar-refractivity contribution in [2.75, 3.05) is 0 Å². The zero-order valence-corrected chi connectivity index (χ0v) is 22.9. The summed E-state index contributed by atoms with van der Waals surface area (Å²) < 4.78 is 36.9. The molecule has 0 atom stereocenters. The number of carbonyl (C=O) groups is 1. The molecule has 0 aliphatic carbocycles. The lowest BCUT2D eigenvalue weighted by molar-refractivity contribution is -0.146. The summed E-state index contributed by atoms with van der Waals surface area (Å²) in [6, 6.07) is 24.1. The second-order valence-corrected chi connectivity index (χ2v) is 10.4. The van der Waals surface area contributed by atoms with Crippen LogP contribution in [0.3, 0.4) is 0 Å². The molecule has 0 aliphatic rings. The summed E-state index contributed by atoms with van der Waals surface area (Å²) in [4.78, 5) is 26.7. The first-order valence-corrected chi connectivity index (χ1v) is 13.8. The van der Waals surface area contributed by atoms with Crippen LogP contribution in [0, 0.1) is 11.6 Å². The number of thioether (sulfide) groups is 1. The van der Waals surface area contributed by atoms with E-state index in [9.17, 15) is 18.4 Å². The van der Waals surface area contributed by atoms with Crippen LogP contribution in [0.2, 0.25) is 0 Å². The SMILES string of the molecule is Cn1cc(Cn2nc(CC(=O)OC(c3ccccc3)c3ccccc3)c(SCc3cccc(F)c3F)cc2=O)cn1. The van der Waals surface area contributed by atoms with E-state index in [-0.39, 0.29) is 24.3 Å². The molecule has 0 saturated carbocycles. The van der Waals surface area contributed by atoms with Crippen LogP contribution in [0.5, 0.6) is 0 Å². The van der Waals surface area contributed by atoms with Gasteiger partial charge in [-0.25, -0.2) is 13.5 Å². The zero-order chi connectivity index (χ0) is 28.8. The molecular formula is C31H26F2N4O3S. The second-order valence-electron chi connectivity index (χ2n) is 9.34. The van der Waals surface area contributed by atoms with E-state index in [1.54, 1.807) is 24.1 Å². The Hall–Kier alpha value is -4.57. The van der Waals surface area contributed by atoms with E-state index >= 15 is 0 Å². The third-order valence-corrected chi connectivity index (χ3v) is 7.43. The van der Waals surface area contributed by atoms with Gasteiger partial charge in [-0.05, 0) is 17.2 Å². The summed E-state index contributed by atoms with van der Waals surface area (Å²) in [6.07, 6.45) is 2.50. The number of hydrogen-bond donors (Lipinski definition) is 0. The molecular weight excluding hydrogens is 546 g/mol. The van der Waals surface area contributed by atoms with Gasteiger partial charge in [-0.2, -0.15) is 10.2 Å². The van der Waals surface area contributed by atoms with E-state index in [1.807, 2.05) is 60.7 Å². The Morgan fingerprint density at radius 3 is 2.29 bits per heavy atom. The first-order chi connectivity index (χ1) is 19.9. The predicted molar refractivity (Wildman–Crippen MR) is 151 cm³/mol. The van der Waals surface area contributed by atoms with E-state index in [4.69, 9.17) is 4.74 Å². The second kappa shape index (κ2) is 12.7. The highest BCUT2D eigenvalue weighted by Gasteiger charge is 2.22. The Kier molecular flexibility index (Phi) is 8.69. The molecule has 3 aromatic carbocycles. The lowest BCUT2D eigenvalue weighted by Crippen LogP contribution is -2.26. The van der Waals surface area contributed by atoms with E-state index in [0.717, 1.165) is 34.5 Å². The average Bonchev–Trinajstić information content (AvgIpc) is 3.39. The lowest BCUT2D eigenvalue weighted by Gasteiger charge is -2.19. The third kappa shape index (κ3) is 6.96. The van der Waals surface area contributed by atoms with Gasteiger partial charge in [0.2, 0.25) is 0 Å². The summed E-state index contributed by atoms with van der Waals surface area (Å²) in [6.45, 7) is 0.148. The van der Waals surface area contributed by atoms with Gasteiger partial charge in [0.1, 0.15) is 0 Å². The molecule has 0 saturated heterocycles. The summed E-state index contributed by atoms with van der Waals surface area (Å²) in [7, 11) is 1.77. The van der Waals surface area contributed by atoms with Crippen LogP contribution in [0.4, 0.5) is 8.78 Å². The summed E-state index contributed by atoms with van der Waals surface area (Å²) in [5, 5.41) is 8.63. The number of esters is 1. The molecule has 0 bridgehead atoms. The molecule has 208 valence electrons. The van der Waals surface area contributed by atoms with Gasteiger partial charge in [0.25, 0.3) is 5.56 Å². The molecule has 0 unspecified atom stereocenters. The molecule has 0 aliphatic heterocycles. The fourth-order valence-electron chi connectivity index (χ4n) is 4.31. The van der Waals surface area contributed by atoms with Crippen LogP contribution in [0.15, 0.2) is 107 Å². The van der Waals surface area contributed by atoms with Gasteiger partial charge in [-0.1, -0.05) is 72.8 Å². The minimum absolute atomic E-state index is 0.0377. The van der Waals surface area contributed by atoms with Crippen molar-refractivity contribution < 1.29 is 18.3 Å². The number of aryl methyl sites for hydroxylation is 1. The van der Waals surface area contributed by atoms with Crippen molar-refractivity contribution in [3.8, 4) is 0 Å². The Balaban J connectivity index is 1.44. The maximum Gasteiger partial charge on any atom is 0.312 e. The minimum atomic E-state index is -0.954. The number of aromatic nitrogens is 4. The van der Waals surface area contributed by atoms with Gasteiger partial charge in [-0.15, -0.1) is 11.8 Å². The molecule has 0 N–H and O–H groups in total. The minimum Gasteiger partial charge on any atom is -0.452 e. The Bertz CT molecular complexity index is 1670. The number of hydrogen-bond acceptors (Lipinski definition) is 6. The molecule has 2 aromatic heterocycles. The molecule has 7 nitrogen and oxygen atoms in total. The van der Waals surface area contributed by atoms with Crippen molar-refractivity contribution in [1.29, 1.82) is 0 Å². The van der Waals surface area contributed by atoms with Crippen molar-refractivity contribution in [3.05, 3.63) is 147 Å². The average molecular weight is 573 g/mol. The first-order valence-electron chi connectivity index (χ1n) is 12.8. The summed E-state index contributed by atoms with van der Waals surface area (Å²) in [5.41, 5.74) is 2.39. The van der Waals surface area contributed by atoms with Crippen LogP contribution in [0.25, 0.3) is 0 Å². The van der Waals surface area contributed by atoms with E-state index in [0.29, 0.717) is 10.6 Å². The highest BCUT2D eigenvalue weighted by Crippen LogP contribution is 2.29.